The Labute approximate surface area is 143 Å². The zero-order chi connectivity index (χ0) is 16.4. The summed E-state index contributed by atoms with van der Waals surface area (Å²) >= 11 is 0. The number of nitrogens with one attached hydrogen (secondary N) is 2. The average molecular weight is 323 g/mol. The zero-order valence-electron chi connectivity index (χ0n) is 15.7. The van der Waals surface area contributed by atoms with Crippen LogP contribution in [-0.4, -0.2) is 72.7 Å². The molecule has 2 N–H and O–H groups in total. The summed E-state index contributed by atoms with van der Waals surface area (Å²) in [6.45, 7) is 15.7. The molecule has 0 bridgehead atoms. The van der Waals surface area contributed by atoms with Crippen molar-refractivity contribution in [3.63, 3.8) is 0 Å². The molecule has 0 aliphatic carbocycles. The van der Waals surface area contributed by atoms with Gasteiger partial charge in [0.25, 0.3) is 0 Å². The first kappa shape index (κ1) is 17.7. The summed E-state index contributed by atoms with van der Waals surface area (Å²) in [5, 5.41) is 7.40. The second-order valence-corrected chi connectivity index (χ2v) is 8.56. The number of nitrogens with zero attached hydrogens (tertiary/aromatic N) is 2. The van der Waals surface area contributed by atoms with Gasteiger partial charge in [-0.05, 0) is 85.5 Å². The molecule has 0 aromatic heterocycles. The Balaban J connectivity index is 1.59. The zero-order valence-corrected chi connectivity index (χ0v) is 15.7. The fourth-order valence-corrected chi connectivity index (χ4v) is 5.16. The normalized spacial score (nSPS) is 33.8. The van der Waals surface area contributed by atoms with Crippen LogP contribution in [0.1, 0.15) is 53.4 Å². The van der Waals surface area contributed by atoms with E-state index >= 15 is 0 Å². The van der Waals surface area contributed by atoms with Gasteiger partial charge in [0, 0.05) is 36.8 Å². The molecule has 3 saturated heterocycles. The Kier molecular flexibility index (Phi) is 6.00. The van der Waals surface area contributed by atoms with Gasteiger partial charge in [-0.3, -0.25) is 9.80 Å². The van der Waals surface area contributed by atoms with Gasteiger partial charge >= 0.3 is 0 Å². The number of hydrogen-bond donors (Lipinski definition) is 2. The van der Waals surface area contributed by atoms with Gasteiger partial charge in [0.2, 0.25) is 0 Å². The van der Waals surface area contributed by atoms with Crippen LogP contribution >= 0.6 is 0 Å². The lowest BCUT2D eigenvalue weighted by Crippen LogP contribution is -2.57. The van der Waals surface area contributed by atoms with Crippen LogP contribution in [0.3, 0.4) is 0 Å². The standard InChI is InChI=1S/C19H38N4/c1-14(2)22-10-7-16-12-21-17(11-19(16)22)13-23(15(3)4)18-5-8-20-9-6-18/h14-21H,5-13H2,1-4H3/t16-,17?,19+/m0/s1. The van der Waals surface area contributed by atoms with E-state index in [2.05, 4.69) is 48.1 Å². The molecule has 0 saturated carbocycles. The van der Waals surface area contributed by atoms with E-state index in [4.69, 9.17) is 0 Å². The number of hydrogen-bond acceptors (Lipinski definition) is 4. The van der Waals surface area contributed by atoms with Crippen molar-refractivity contribution in [1.29, 1.82) is 0 Å². The minimum Gasteiger partial charge on any atom is -0.317 e. The monoisotopic (exact) mass is 322 g/mol. The molecule has 0 radical (unpaired) electrons. The highest BCUT2D eigenvalue weighted by Crippen LogP contribution is 2.32. The quantitative estimate of drug-likeness (QED) is 0.809. The number of likely N-dealkylation sites (tertiary alicyclic amines) is 1. The highest BCUT2D eigenvalue weighted by Gasteiger charge is 2.40. The van der Waals surface area contributed by atoms with Gasteiger partial charge in [-0.15, -0.1) is 0 Å². The third kappa shape index (κ3) is 4.09. The average Bonchev–Trinajstić information content (AvgIpc) is 2.96. The van der Waals surface area contributed by atoms with E-state index in [1.165, 1.54) is 58.4 Å². The maximum absolute atomic E-state index is 3.89. The van der Waals surface area contributed by atoms with Gasteiger partial charge < -0.3 is 10.6 Å². The highest BCUT2D eigenvalue weighted by molar-refractivity contribution is 4.97. The molecular weight excluding hydrogens is 284 g/mol. The Morgan fingerprint density at radius 2 is 1.83 bits per heavy atom. The van der Waals surface area contributed by atoms with Crippen molar-refractivity contribution >= 4 is 0 Å². The van der Waals surface area contributed by atoms with Gasteiger partial charge in [-0.1, -0.05) is 0 Å². The van der Waals surface area contributed by atoms with Crippen LogP contribution in [0.25, 0.3) is 0 Å². The predicted molar refractivity (Wildman–Crippen MR) is 97.9 cm³/mol. The maximum Gasteiger partial charge on any atom is 0.0210 e. The SMILES string of the molecule is CC(C)N(CC1C[C@@H]2[C@@H](CCN2C(C)C)CN1)C1CCNCC1. The van der Waals surface area contributed by atoms with Crippen molar-refractivity contribution in [2.75, 3.05) is 32.7 Å². The van der Waals surface area contributed by atoms with E-state index in [1.807, 2.05) is 0 Å². The molecule has 0 aromatic rings. The fraction of sp³-hybridized carbons (Fsp3) is 1.00. The van der Waals surface area contributed by atoms with Crippen molar-refractivity contribution in [2.45, 2.75) is 83.6 Å². The lowest BCUT2D eigenvalue weighted by molar-refractivity contribution is 0.0802. The van der Waals surface area contributed by atoms with Crippen LogP contribution < -0.4 is 10.6 Å². The first-order chi connectivity index (χ1) is 11.1. The van der Waals surface area contributed by atoms with E-state index in [-0.39, 0.29) is 0 Å². The Morgan fingerprint density at radius 1 is 1.09 bits per heavy atom. The van der Waals surface area contributed by atoms with E-state index < -0.39 is 0 Å². The minimum absolute atomic E-state index is 0.655. The molecule has 0 spiro atoms. The molecule has 4 heteroatoms. The van der Waals surface area contributed by atoms with E-state index in [1.54, 1.807) is 0 Å². The van der Waals surface area contributed by atoms with Crippen molar-refractivity contribution in [1.82, 2.24) is 20.4 Å². The fourth-order valence-electron chi connectivity index (χ4n) is 5.16. The molecule has 23 heavy (non-hydrogen) atoms. The molecular formula is C19H38N4. The minimum atomic E-state index is 0.655. The van der Waals surface area contributed by atoms with E-state index in [0.717, 1.165) is 18.0 Å². The van der Waals surface area contributed by atoms with Crippen LogP contribution in [0, 0.1) is 5.92 Å². The lowest BCUT2D eigenvalue weighted by atomic mass is 9.88. The summed E-state index contributed by atoms with van der Waals surface area (Å²) in [4.78, 5) is 5.55. The molecule has 0 aromatic carbocycles. The van der Waals surface area contributed by atoms with Crippen molar-refractivity contribution < 1.29 is 0 Å². The van der Waals surface area contributed by atoms with Crippen molar-refractivity contribution in [2.24, 2.45) is 5.92 Å². The lowest BCUT2D eigenvalue weighted by Gasteiger charge is -2.43. The Bertz CT molecular complexity index is 364. The van der Waals surface area contributed by atoms with Crippen LogP contribution in [-0.2, 0) is 0 Å². The van der Waals surface area contributed by atoms with Gasteiger partial charge in [-0.25, -0.2) is 0 Å². The van der Waals surface area contributed by atoms with Crippen LogP contribution in [0.4, 0.5) is 0 Å². The van der Waals surface area contributed by atoms with Crippen LogP contribution in [0.5, 0.6) is 0 Å². The molecule has 3 fully saturated rings. The Morgan fingerprint density at radius 3 is 2.48 bits per heavy atom. The van der Waals surface area contributed by atoms with Crippen LogP contribution in [0.2, 0.25) is 0 Å². The number of rotatable bonds is 5. The molecule has 3 rings (SSSR count). The molecule has 3 heterocycles. The molecule has 4 nitrogen and oxygen atoms in total. The van der Waals surface area contributed by atoms with Gasteiger partial charge in [0.05, 0.1) is 0 Å². The molecule has 3 atom stereocenters. The first-order valence-corrected chi connectivity index (χ1v) is 10.0. The maximum atomic E-state index is 3.89. The number of piperidine rings is 2. The summed E-state index contributed by atoms with van der Waals surface area (Å²) in [5.41, 5.74) is 0. The summed E-state index contributed by atoms with van der Waals surface area (Å²) in [5.74, 6) is 0.889. The summed E-state index contributed by atoms with van der Waals surface area (Å²) < 4.78 is 0. The smallest absolute Gasteiger partial charge is 0.0210 e. The molecule has 1 unspecified atom stereocenters. The van der Waals surface area contributed by atoms with Crippen LogP contribution in [0.15, 0.2) is 0 Å². The highest BCUT2D eigenvalue weighted by atomic mass is 15.2. The van der Waals surface area contributed by atoms with Crippen molar-refractivity contribution in [3.8, 4) is 0 Å². The number of fused-ring (bicyclic) bond motifs is 1. The molecule has 3 aliphatic heterocycles. The second kappa shape index (κ2) is 7.81. The molecule has 134 valence electrons. The first-order valence-electron chi connectivity index (χ1n) is 10.0. The predicted octanol–water partition coefficient (Wildman–Crippen LogP) is 1.91. The largest absolute Gasteiger partial charge is 0.317 e. The summed E-state index contributed by atoms with van der Waals surface area (Å²) in [7, 11) is 0. The summed E-state index contributed by atoms with van der Waals surface area (Å²) in [6.07, 6.45) is 5.37. The van der Waals surface area contributed by atoms with Gasteiger partial charge in [0.1, 0.15) is 0 Å². The van der Waals surface area contributed by atoms with E-state index in [0.29, 0.717) is 18.1 Å². The van der Waals surface area contributed by atoms with Gasteiger partial charge in [-0.2, -0.15) is 0 Å². The topological polar surface area (TPSA) is 30.5 Å². The third-order valence-corrected chi connectivity index (χ3v) is 6.46. The third-order valence-electron chi connectivity index (χ3n) is 6.46. The van der Waals surface area contributed by atoms with E-state index in [9.17, 15) is 0 Å². The van der Waals surface area contributed by atoms with Crippen molar-refractivity contribution in [3.05, 3.63) is 0 Å². The second-order valence-electron chi connectivity index (χ2n) is 8.56. The van der Waals surface area contributed by atoms with Gasteiger partial charge in [0.15, 0.2) is 0 Å². The molecule has 0 amide bonds. The summed E-state index contributed by atoms with van der Waals surface area (Å²) in [6, 6.07) is 3.63. The Hall–Kier alpha value is -0.160. The molecule has 3 aliphatic rings.